The van der Waals surface area contributed by atoms with Gasteiger partial charge >= 0.3 is 5.97 Å². The fraction of sp³-hybridized carbons (Fsp3) is 0.417. The van der Waals surface area contributed by atoms with E-state index in [4.69, 9.17) is 4.74 Å². The Hall–Kier alpha value is -1.26. The predicted octanol–water partition coefficient (Wildman–Crippen LogP) is 1.06. The second-order valence-electron chi connectivity index (χ2n) is 3.77. The van der Waals surface area contributed by atoms with Crippen molar-refractivity contribution in [1.29, 1.82) is 0 Å². The van der Waals surface area contributed by atoms with E-state index in [0.29, 0.717) is 6.54 Å². The predicted molar refractivity (Wildman–Crippen MR) is 69.7 cm³/mol. The summed E-state index contributed by atoms with van der Waals surface area (Å²) < 4.78 is 4.82. The molecule has 1 fully saturated rings. The number of esters is 1. The van der Waals surface area contributed by atoms with Gasteiger partial charge in [0.2, 0.25) is 0 Å². The summed E-state index contributed by atoms with van der Waals surface area (Å²) in [6, 6.07) is 9.74. The van der Waals surface area contributed by atoms with Gasteiger partial charge in [-0.2, -0.15) is 0 Å². The SMILES string of the molecule is COC(=O)C1CNCCN1c1ccccc1.Cl. The molecule has 2 rings (SSSR count). The Bertz CT molecular complexity index is 359. The fourth-order valence-corrected chi connectivity index (χ4v) is 1.98. The molecule has 5 heteroatoms. The number of carbonyl (C=O) groups is 1. The lowest BCUT2D eigenvalue weighted by Gasteiger charge is -2.36. The van der Waals surface area contributed by atoms with Gasteiger partial charge in [-0.15, -0.1) is 12.4 Å². The summed E-state index contributed by atoms with van der Waals surface area (Å²) in [6.45, 7) is 2.35. The van der Waals surface area contributed by atoms with E-state index in [-0.39, 0.29) is 24.4 Å². The molecule has 0 aliphatic carbocycles. The van der Waals surface area contributed by atoms with Gasteiger partial charge in [-0.3, -0.25) is 0 Å². The molecule has 4 nitrogen and oxygen atoms in total. The molecule has 0 aromatic heterocycles. The third kappa shape index (κ3) is 3.11. The minimum atomic E-state index is -0.221. The van der Waals surface area contributed by atoms with Crippen LogP contribution in [0.25, 0.3) is 0 Å². The lowest BCUT2D eigenvalue weighted by Crippen LogP contribution is -2.55. The van der Waals surface area contributed by atoms with Gasteiger partial charge in [0, 0.05) is 25.3 Å². The van der Waals surface area contributed by atoms with Gasteiger partial charge in [-0.05, 0) is 12.1 Å². The number of piperazine rings is 1. The van der Waals surface area contributed by atoms with Crippen molar-refractivity contribution in [2.24, 2.45) is 0 Å². The number of para-hydroxylation sites is 1. The van der Waals surface area contributed by atoms with Crippen LogP contribution in [0.5, 0.6) is 0 Å². The lowest BCUT2D eigenvalue weighted by atomic mass is 10.1. The summed E-state index contributed by atoms with van der Waals surface area (Å²) in [5, 5.41) is 3.21. The molecule has 0 spiro atoms. The summed E-state index contributed by atoms with van der Waals surface area (Å²) in [5.41, 5.74) is 1.07. The highest BCUT2D eigenvalue weighted by Crippen LogP contribution is 2.18. The minimum Gasteiger partial charge on any atom is -0.467 e. The zero-order chi connectivity index (χ0) is 11.4. The van der Waals surface area contributed by atoms with Crippen LogP contribution in [0.3, 0.4) is 0 Å². The Kier molecular flexibility index (Phi) is 5.25. The van der Waals surface area contributed by atoms with E-state index < -0.39 is 0 Å². The van der Waals surface area contributed by atoms with Crippen LogP contribution in [0.2, 0.25) is 0 Å². The van der Waals surface area contributed by atoms with E-state index in [9.17, 15) is 4.79 Å². The van der Waals surface area contributed by atoms with Crippen molar-refractivity contribution in [2.75, 3.05) is 31.6 Å². The van der Waals surface area contributed by atoms with Gasteiger partial charge < -0.3 is 15.0 Å². The summed E-state index contributed by atoms with van der Waals surface area (Å²) in [6.07, 6.45) is 0. The summed E-state index contributed by atoms with van der Waals surface area (Å²) in [4.78, 5) is 13.7. The first-order valence-corrected chi connectivity index (χ1v) is 5.43. The van der Waals surface area contributed by atoms with Crippen molar-refractivity contribution in [3.63, 3.8) is 0 Å². The maximum atomic E-state index is 11.6. The van der Waals surface area contributed by atoms with E-state index >= 15 is 0 Å². The molecule has 1 saturated heterocycles. The van der Waals surface area contributed by atoms with Crippen LogP contribution in [0.4, 0.5) is 5.69 Å². The average molecular weight is 257 g/mol. The molecule has 1 aliphatic rings. The molecule has 0 amide bonds. The molecule has 1 aromatic rings. The maximum absolute atomic E-state index is 11.6. The van der Waals surface area contributed by atoms with E-state index in [1.165, 1.54) is 7.11 Å². The molecule has 17 heavy (non-hydrogen) atoms. The number of hydrogen-bond acceptors (Lipinski definition) is 4. The van der Waals surface area contributed by atoms with E-state index in [1.807, 2.05) is 30.3 Å². The van der Waals surface area contributed by atoms with Crippen LogP contribution >= 0.6 is 12.4 Å². The quantitative estimate of drug-likeness (QED) is 0.804. The van der Waals surface area contributed by atoms with Gasteiger partial charge in [0.25, 0.3) is 0 Å². The molecule has 0 radical (unpaired) electrons. The van der Waals surface area contributed by atoms with Crippen molar-refractivity contribution < 1.29 is 9.53 Å². The molecule has 1 aromatic carbocycles. The second kappa shape index (κ2) is 6.47. The standard InChI is InChI=1S/C12H16N2O2.ClH/c1-16-12(15)11-9-13-7-8-14(11)10-5-3-2-4-6-10;/h2-6,11,13H,7-9H2,1H3;1H. The zero-order valence-corrected chi connectivity index (χ0v) is 10.6. The van der Waals surface area contributed by atoms with Crippen LogP contribution in [-0.4, -0.2) is 38.8 Å². The maximum Gasteiger partial charge on any atom is 0.329 e. The number of methoxy groups -OCH3 is 1. The van der Waals surface area contributed by atoms with Gasteiger partial charge in [-0.25, -0.2) is 4.79 Å². The molecular weight excluding hydrogens is 240 g/mol. The number of nitrogens with one attached hydrogen (secondary N) is 1. The number of carbonyl (C=O) groups excluding carboxylic acids is 1. The fourth-order valence-electron chi connectivity index (χ4n) is 1.98. The largest absolute Gasteiger partial charge is 0.467 e. The second-order valence-corrected chi connectivity index (χ2v) is 3.77. The number of nitrogens with zero attached hydrogens (tertiary/aromatic N) is 1. The monoisotopic (exact) mass is 256 g/mol. The molecule has 0 bridgehead atoms. The van der Waals surface area contributed by atoms with Crippen LogP contribution in [0.15, 0.2) is 30.3 Å². The molecule has 1 heterocycles. The summed E-state index contributed by atoms with van der Waals surface area (Å²) >= 11 is 0. The minimum absolute atomic E-state index is 0. The number of halogens is 1. The molecule has 1 aliphatic heterocycles. The Morgan fingerprint density at radius 2 is 2.12 bits per heavy atom. The van der Waals surface area contributed by atoms with Crippen LogP contribution in [0.1, 0.15) is 0 Å². The van der Waals surface area contributed by atoms with Gasteiger partial charge in [-0.1, -0.05) is 18.2 Å². The highest BCUT2D eigenvalue weighted by molar-refractivity contribution is 5.85. The Morgan fingerprint density at radius 1 is 1.41 bits per heavy atom. The van der Waals surface area contributed by atoms with Crippen LogP contribution in [0, 0.1) is 0 Å². The summed E-state index contributed by atoms with van der Waals surface area (Å²) in [7, 11) is 1.43. The van der Waals surface area contributed by atoms with E-state index in [0.717, 1.165) is 18.8 Å². The Labute approximate surface area is 107 Å². The van der Waals surface area contributed by atoms with Gasteiger partial charge in [0.1, 0.15) is 6.04 Å². The first kappa shape index (κ1) is 13.8. The van der Waals surface area contributed by atoms with Crippen molar-refractivity contribution in [3.8, 4) is 0 Å². The first-order valence-electron chi connectivity index (χ1n) is 5.43. The first-order chi connectivity index (χ1) is 7.83. The van der Waals surface area contributed by atoms with Gasteiger partial charge in [0.15, 0.2) is 0 Å². The third-order valence-corrected chi connectivity index (χ3v) is 2.80. The van der Waals surface area contributed by atoms with E-state index in [1.54, 1.807) is 0 Å². The van der Waals surface area contributed by atoms with Crippen molar-refractivity contribution in [2.45, 2.75) is 6.04 Å². The van der Waals surface area contributed by atoms with Crippen molar-refractivity contribution >= 4 is 24.1 Å². The number of benzene rings is 1. The number of ether oxygens (including phenoxy) is 1. The number of rotatable bonds is 2. The average Bonchev–Trinajstić information content (AvgIpc) is 2.39. The topological polar surface area (TPSA) is 41.6 Å². The van der Waals surface area contributed by atoms with Crippen LogP contribution < -0.4 is 10.2 Å². The number of anilines is 1. The van der Waals surface area contributed by atoms with E-state index in [2.05, 4.69) is 10.2 Å². The highest BCUT2D eigenvalue weighted by atomic mass is 35.5. The highest BCUT2D eigenvalue weighted by Gasteiger charge is 2.29. The zero-order valence-electron chi connectivity index (χ0n) is 9.76. The van der Waals surface area contributed by atoms with Crippen LogP contribution in [-0.2, 0) is 9.53 Å². The van der Waals surface area contributed by atoms with Crippen molar-refractivity contribution in [3.05, 3.63) is 30.3 Å². The van der Waals surface area contributed by atoms with Crippen molar-refractivity contribution in [1.82, 2.24) is 5.32 Å². The smallest absolute Gasteiger partial charge is 0.329 e. The lowest BCUT2D eigenvalue weighted by molar-refractivity contribution is -0.142. The Morgan fingerprint density at radius 3 is 2.76 bits per heavy atom. The molecule has 0 saturated carbocycles. The van der Waals surface area contributed by atoms with Gasteiger partial charge in [0.05, 0.1) is 7.11 Å². The molecular formula is C12H17ClN2O2. The Balaban J connectivity index is 0.00000144. The third-order valence-electron chi connectivity index (χ3n) is 2.80. The number of hydrogen-bond donors (Lipinski definition) is 1. The molecule has 94 valence electrons. The summed E-state index contributed by atoms with van der Waals surface area (Å²) in [5.74, 6) is -0.184. The molecule has 1 unspecified atom stereocenters. The molecule has 1 N–H and O–H groups in total. The molecule has 1 atom stereocenters. The normalized spacial score (nSPS) is 19.4.